The van der Waals surface area contributed by atoms with Crippen LogP contribution in [0.4, 0.5) is 4.79 Å². The van der Waals surface area contributed by atoms with Crippen LogP contribution in [0.1, 0.15) is 19.8 Å². The van der Waals surface area contributed by atoms with Gasteiger partial charge in [0, 0.05) is 6.04 Å². The molecule has 5 nitrogen and oxygen atoms in total. The van der Waals surface area contributed by atoms with Crippen LogP contribution in [0.5, 0.6) is 11.5 Å². The Balaban J connectivity index is 1.44. The van der Waals surface area contributed by atoms with E-state index in [1.54, 1.807) is 0 Å². The number of nitrogens with one attached hydrogen (secondary N) is 2. The summed E-state index contributed by atoms with van der Waals surface area (Å²) in [4.78, 5) is 11.8. The maximum Gasteiger partial charge on any atom is 0.315 e. The average Bonchev–Trinajstić information content (AvgIpc) is 3.29. The van der Waals surface area contributed by atoms with Gasteiger partial charge in [-0.1, -0.05) is 12.1 Å². The lowest BCUT2D eigenvalue weighted by atomic mass is 10.2. The van der Waals surface area contributed by atoms with E-state index in [0.29, 0.717) is 19.1 Å². The fraction of sp³-hybridized carbons (Fsp3) is 0.533. The Labute approximate surface area is 118 Å². The van der Waals surface area contributed by atoms with Crippen LogP contribution in [0.15, 0.2) is 24.3 Å². The molecule has 0 spiro atoms. The Morgan fingerprint density at radius 2 is 2.10 bits per heavy atom. The molecule has 1 aromatic rings. The summed E-state index contributed by atoms with van der Waals surface area (Å²) in [6, 6.07) is 7.68. The van der Waals surface area contributed by atoms with Gasteiger partial charge in [0.2, 0.25) is 0 Å². The van der Waals surface area contributed by atoms with Crippen molar-refractivity contribution in [2.24, 2.45) is 5.92 Å². The van der Waals surface area contributed by atoms with Crippen LogP contribution in [-0.4, -0.2) is 31.3 Å². The van der Waals surface area contributed by atoms with Crippen LogP contribution < -0.4 is 20.1 Å². The standard InChI is InChI=1S/C15H20N2O3/c1-10(11-6-7-11)17-15(18)16-8-12-9-19-13-4-2-3-5-14(13)20-12/h2-5,10-12H,6-9H2,1H3,(H2,16,17,18). The summed E-state index contributed by atoms with van der Waals surface area (Å²) in [5.74, 6) is 2.15. The van der Waals surface area contributed by atoms with Crippen LogP contribution in [-0.2, 0) is 0 Å². The summed E-state index contributed by atoms with van der Waals surface area (Å²) in [5, 5.41) is 5.80. The fourth-order valence-corrected chi connectivity index (χ4v) is 2.34. The minimum absolute atomic E-state index is 0.133. The second-order valence-electron chi connectivity index (χ2n) is 5.48. The Morgan fingerprint density at radius 1 is 1.35 bits per heavy atom. The first kappa shape index (κ1) is 13.1. The molecule has 2 amide bonds. The molecule has 1 aliphatic carbocycles. The highest BCUT2D eigenvalue weighted by atomic mass is 16.6. The van der Waals surface area contributed by atoms with Gasteiger partial charge in [-0.3, -0.25) is 0 Å². The van der Waals surface area contributed by atoms with E-state index < -0.39 is 0 Å². The van der Waals surface area contributed by atoms with Crippen LogP contribution in [0, 0.1) is 5.92 Å². The van der Waals surface area contributed by atoms with E-state index in [2.05, 4.69) is 10.6 Å². The topological polar surface area (TPSA) is 59.6 Å². The van der Waals surface area contributed by atoms with Gasteiger partial charge >= 0.3 is 6.03 Å². The Kier molecular flexibility index (Phi) is 3.67. The molecule has 0 radical (unpaired) electrons. The molecule has 1 heterocycles. The quantitative estimate of drug-likeness (QED) is 0.883. The first-order valence-electron chi connectivity index (χ1n) is 7.15. The predicted octanol–water partition coefficient (Wildman–Crippen LogP) is 1.92. The van der Waals surface area contributed by atoms with E-state index in [1.165, 1.54) is 12.8 Å². The van der Waals surface area contributed by atoms with Gasteiger partial charge in [0.1, 0.15) is 6.61 Å². The number of amides is 2. The molecule has 0 bridgehead atoms. The zero-order valence-electron chi connectivity index (χ0n) is 11.6. The molecule has 20 heavy (non-hydrogen) atoms. The third-order valence-electron chi connectivity index (χ3n) is 3.75. The number of carbonyl (C=O) groups excluding carboxylic acids is 1. The number of carbonyl (C=O) groups is 1. The van der Waals surface area contributed by atoms with Crippen molar-refractivity contribution >= 4 is 6.03 Å². The normalized spacial score (nSPS) is 21.9. The van der Waals surface area contributed by atoms with E-state index in [4.69, 9.17) is 9.47 Å². The fourth-order valence-electron chi connectivity index (χ4n) is 2.34. The van der Waals surface area contributed by atoms with Gasteiger partial charge in [-0.05, 0) is 37.8 Å². The van der Waals surface area contributed by atoms with Crippen LogP contribution in [0.3, 0.4) is 0 Å². The molecule has 108 valence electrons. The molecule has 0 saturated heterocycles. The summed E-state index contributed by atoms with van der Waals surface area (Å²) in [6.45, 7) is 2.95. The lowest BCUT2D eigenvalue weighted by Crippen LogP contribution is -2.47. The van der Waals surface area contributed by atoms with Crippen molar-refractivity contribution in [3.05, 3.63) is 24.3 Å². The second kappa shape index (κ2) is 5.61. The molecule has 1 fully saturated rings. The van der Waals surface area contributed by atoms with Crippen molar-refractivity contribution in [2.75, 3.05) is 13.2 Å². The largest absolute Gasteiger partial charge is 0.486 e. The molecular weight excluding hydrogens is 256 g/mol. The number of benzene rings is 1. The molecular formula is C15H20N2O3. The molecule has 1 aliphatic heterocycles. The summed E-state index contributed by atoms with van der Waals surface area (Å²) in [6.07, 6.45) is 2.29. The molecule has 2 unspecified atom stereocenters. The molecule has 0 aromatic heterocycles. The zero-order valence-corrected chi connectivity index (χ0v) is 11.6. The van der Waals surface area contributed by atoms with Crippen molar-refractivity contribution in [3.63, 3.8) is 0 Å². The van der Waals surface area contributed by atoms with Gasteiger partial charge in [-0.15, -0.1) is 0 Å². The number of rotatable bonds is 4. The van der Waals surface area contributed by atoms with Crippen molar-refractivity contribution < 1.29 is 14.3 Å². The third-order valence-corrected chi connectivity index (χ3v) is 3.75. The van der Waals surface area contributed by atoms with Crippen molar-refractivity contribution in [1.29, 1.82) is 0 Å². The number of fused-ring (bicyclic) bond motifs is 1. The van der Waals surface area contributed by atoms with Crippen LogP contribution >= 0.6 is 0 Å². The molecule has 2 atom stereocenters. The highest BCUT2D eigenvalue weighted by molar-refractivity contribution is 5.74. The molecule has 1 saturated carbocycles. The molecule has 3 rings (SSSR count). The smallest absolute Gasteiger partial charge is 0.315 e. The molecule has 1 aromatic carbocycles. The first-order valence-corrected chi connectivity index (χ1v) is 7.15. The van der Waals surface area contributed by atoms with Crippen LogP contribution in [0.25, 0.3) is 0 Å². The van der Waals surface area contributed by atoms with Crippen LogP contribution in [0.2, 0.25) is 0 Å². The highest BCUT2D eigenvalue weighted by Crippen LogP contribution is 2.32. The highest BCUT2D eigenvalue weighted by Gasteiger charge is 2.29. The number of hydrogen-bond donors (Lipinski definition) is 2. The molecule has 2 N–H and O–H groups in total. The van der Waals surface area contributed by atoms with E-state index in [0.717, 1.165) is 11.5 Å². The number of hydrogen-bond acceptors (Lipinski definition) is 3. The van der Waals surface area contributed by atoms with Gasteiger partial charge in [0.05, 0.1) is 6.54 Å². The number of para-hydroxylation sites is 2. The Hall–Kier alpha value is -1.91. The Bertz CT molecular complexity index is 488. The summed E-state index contributed by atoms with van der Waals surface area (Å²) >= 11 is 0. The van der Waals surface area contributed by atoms with Gasteiger partial charge in [-0.25, -0.2) is 4.79 Å². The van der Waals surface area contributed by atoms with Gasteiger partial charge in [0.15, 0.2) is 17.6 Å². The van der Waals surface area contributed by atoms with E-state index >= 15 is 0 Å². The SMILES string of the molecule is CC(NC(=O)NCC1COc2ccccc2O1)C1CC1. The van der Waals surface area contributed by atoms with E-state index in [-0.39, 0.29) is 18.2 Å². The molecule has 5 heteroatoms. The third kappa shape index (κ3) is 3.15. The van der Waals surface area contributed by atoms with E-state index in [1.807, 2.05) is 31.2 Å². The number of ether oxygens (including phenoxy) is 2. The maximum atomic E-state index is 11.8. The predicted molar refractivity (Wildman–Crippen MR) is 75.1 cm³/mol. The van der Waals surface area contributed by atoms with Crippen molar-refractivity contribution in [1.82, 2.24) is 10.6 Å². The van der Waals surface area contributed by atoms with E-state index in [9.17, 15) is 4.79 Å². The van der Waals surface area contributed by atoms with Crippen molar-refractivity contribution in [3.8, 4) is 11.5 Å². The minimum atomic E-state index is -0.146. The lowest BCUT2D eigenvalue weighted by Gasteiger charge is -2.26. The molecule has 2 aliphatic rings. The first-order chi connectivity index (χ1) is 9.72. The Morgan fingerprint density at radius 3 is 2.85 bits per heavy atom. The summed E-state index contributed by atoms with van der Waals surface area (Å²) < 4.78 is 11.4. The van der Waals surface area contributed by atoms with Gasteiger partial charge < -0.3 is 20.1 Å². The number of urea groups is 1. The van der Waals surface area contributed by atoms with Gasteiger partial charge in [-0.2, -0.15) is 0 Å². The summed E-state index contributed by atoms with van der Waals surface area (Å²) in [5.41, 5.74) is 0. The van der Waals surface area contributed by atoms with Gasteiger partial charge in [0.25, 0.3) is 0 Å². The lowest BCUT2D eigenvalue weighted by molar-refractivity contribution is 0.0917. The average molecular weight is 276 g/mol. The maximum absolute atomic E-state index is 11.8. The monoisotopic (exact) mass is 276 g/mol. The summed E-state index contributed by atoms with van der Waals surface area (Å²) in [7, 11) is 0. The zero-order chi connectivity index (χ0) is 13.9. The van der Waals surface area contributed by atoms with Crippen molar-refractivity contribution in [2.45, 2.75) is 31.9 Å². The second-order valence-corrected chi connectivity index (χ2v) is 5.48. The minimum Gasteiger partial charge on any atom is -0.486 e.